The van der Waals surface area contributed by atoms with E-state index in [0.717, 1.165) is 41.0 Å². The van der Waals surface area contributed by atoms with Crippen molar-refractivity contribution in [3.05, 3.63) is 83.1 Å². The molecule has 0 saturated heterocycles. The lowest BCUT2D eigenvalue weighted by atomic mass is 10.1. The molecule has 0 aliphatic carbocycles. The molecule has 5 nitrogen and oxygen atoms in total. The molecule has 6 heteroatoms. The van der Waals surface area contributed by atoms with E-state index in [1.807, 2.05) is 36.9 Å². The topological polar surface area (TPSA) is 62.7 Å². The van der Waals surface area contributed by atoms with Crippen LogP contribution in [-0.2, 0) is 17.8 Å². The van der Waals surface area contributed by atoms with E-state index in [9.17, 15) is 9.18 Å². The standard InChI is InChI=1S/C24H25FN4O/c1-16-24(17(2)29(28-16)15-18-10-12-20(25)13-11-18)27-23(30)9-5-6-19-14-26-22-8-4-3-7-21(19)22/h3-4,7-8,10-14,26H,5-6,9,15H2,1-2H3,(H,27,30). The highest BCUT2D eigenvalue weighted by Gasteiger charge is 2.14. The van der Waals surface area contributed by atoms with Crippen molar-refractivity contribution in [2.24, 2.45) is 0 Å². The first kappa shape index (κ1) is 19.9. The number of H-pyrrole nitrogens is 1. The summed E-state index contributed by atoms with van der Waals surface area (Å²) in [7, 11) is 0. The lowest BCUT2D eigenvalue weighted by molar-refractivity contribution is -0.116. The summed E-state index contributed by atoms with van der Waals surface area (Å²) in [6, 6.07) is 14.6. The molecule has 0 fully saturated rings. The highest BCUT2D eigenvalue weighted by Crippen LogP contribution is 2.22. The predicted octanol–water partition coefficient (Wildman–Crippen LogP) is 5.13. The van der Waals surface area contributed by atoms with Crippen molar-refractivity contribution in [2.45, 2.75) is 39.7 Å². The molecule has 4 rings (SSSR count). The lowest BCUT2D eigenvalue weighted by Crippen LogP contribution is -2.13. The number of carbonyl (C=O) groups excluding carboxylic acids is 1. The normalized spacial score (nSPS) is 11.2. The van der Waals surface area contributed by atoms with E-state index in [1.54, 1.807) is 12.1 Å². The van der Waals surface area contributed by atoms with Gasteiger partial charge in [0, 0.05) is 23.5 Å². The van der Waals surface area contributed by atoms with Crippen molar-refractivity contribution in [3.63, 3.8) is 0 Å². The van der Waals surface area contributed by atoms with Gasteiger partial charge in [-0.3, -0.25) is 9.48 Å². The third kappa shape index (κ3) is 4.27. The van der Waals surface area contributed by atoms with Gasteiger partial charge in [0.2, 0.25) is 5.91 Å². The fourth-order valence-electron chi connectivity index (χ4n) is 3.77. The summed E-state index contributed by atoms with van der Waals surface area (Å²) < 4.78 is 15.0. The lowest BCUT2D eigenvalue weighted by Gasteiger charge is -2.07. The molecule has 2 aromatic carbocycles. The molecular formula is C24H25FN4O. The number of fused-ring (bicyclic) bond motifs is 1. The smallest absolute Gasteiger partial charge is 0.224 e. The number of hydrogen-bond donors (Lipinski definition) is 2. The zero-order valence-electron chi connectivity index (χ0n) is 17.2. The molecule has 0 unspecified atom stereocenters. The Kier molecular flexibility index (Phi) is 5.65. The highest BCUT2D eigenvalue weighted by atomic mass is 19.1. The van der Waals surface area contributed by atoms with E-state index in [1.165, 1.54) is 23.1 Å². The monoisotopic (exact) mass is 404 g/mol. The van der Waals surface area contributed by atoms with Crippen LogP contribution in [0.3, 0.4) is 0 Å². The van der Waals surface area contributed by atoms with Crippen LogP contribution < -0.4 is 5.32 Å². The molecular weight excluding hydrogens is 379 g/mol. The van der Waals surface area contributed by atoms with E-state index in [0.29, 0.717) is 13.0 Å². The minimum absolute atomic E-state index is 0.0117. The van der Waals surface area contributed by atoms with E-state index in [2.05, 4.69) is 27.5 Å². The number of carbonyl (C=O) groups is 1. The second-order valence-corrected chi connectivity index (χ2v) is 7.59. The Bertz CT molecular complexity index is 1170. The van der Waals surface area contributed by atoms with Crippen molar-refractivity contribution in [3.8, 4) is 0 Å². The Morgan fingerprint density at radius 3 is 2.70 bits per heavy atom. The molecule has 2 N–H and O–H groups in total. The van der Waals surface area contributed by atoms with Crippen molar-refractivity contribution in [1.82, 2.24) is 14.8 Å². The van der Waals surface area contributed by atoms with E-state index < -0.39 is 0 Å². The Hall–Kier alpha value is -3.41. The molecule has 1 amide bonds. The molecule has 4 aromatic rings. The number of anilines is 1. The van der Waals surface area contributed by atoms with Gasteiger partial charge in [0.15, 0.2) is 0 Å². The largest absolute Gasteiger partial charge is 0.361 e. The predicted molar refractivity (Wildman–Crippen MR) is 117 cm³/mol. The van der Waals surface area contributed by atoms with E-state index in [4.69, 9.17) is 0 Å². The first-order chi connectivity index (χ1) is 14.5. The minimum Gasteiger partial charge on any atom is -0.361 e. The van der Waals surface area contributed by atoms with Gasteiger partial charge < -0.3 is 10.3 Å². The fraction of sp³-hybridized carbons (Fsp3) is 0.250. The number of hydrogen-bond acceptors (Lipinski definition) is 2. The van der Waals surface area contributed by atoms with Gasteiger partial charge in [0.05, 0.1) is 23.6 Å². The van der Waals surface area contributed by atoms with Gasteiger partial charge >= 0.3 is 0 Å². The van der Waals surface area contributed by atoms with Gasteiger partial charge in [-0.25, -0.2) is 4.39 Å². The SMILES string of the molecule is Cc1nn(Cc2ccc(F)cc2)c(C)c1NC(=O)CCCc1c[nH]c2ccccc12. The van der Waals surface area contributed by atoms with Crippen LogP contribution in [0.2, 0.25) is 0 Å². The molecule has 0 radical (unpaired) electrons. The average molecular weight is 404 g/mol. The minimum atomic E-state index is -0.257. The number of benzene rings is 2. The maximum Gasteiger partial charge on any atom is 0.224 e. The van der Waals surface area contributed by atoms with Crippen LogP contribution in [0.4, 0.5) is 10.1 Å². The molecule has 0 saturated carbocycles. The molecule has 0 spiro atoms. The average Bonchev–Trinajstić information content (AvgIpc) is 3.26. The van der Waals surface area contributed by atoms with Crippen molar-refractivity contribution in [2.75, 3.05) is 5.32 Å². The van der Waals surface area contributed by atoms with Crippen molar-refractivity contribution in [1.29, 1.82) is 0 Å². The summed E-state index contributed by atoms with van der Waals surface area (Å²) >= 11 is 0. The summed E-state index contributed by atoms with van der Waals surface area (Å²) in [6.07, 6.45) is 4.09. The van der Waals surface area contributed by atoms with Crippen LogP contribution in [0, 0.1) is 19.7 Å². The second-order valence-electron chi connectivity index (χ2n) is 7.59. The number of aromatic amines is 1. The van der Waals surface area contributed by atoms with Gasteiger partial charge in [-0.15, -0.1) is 0 Å². The molecule has 2 heterocycles. The molecule has 0 aliphatic heterocycles. The van der Waals surface area contributed by atoms with Gasteiger partial charge in [-0.05, 0) is 56.0 Å². The van der Waals surface area contributed by atoms with Crippen LogP contribution in [0.1, 0.15) is 35.4 Å². The Labute approximate surface area is 174 Å². The van der Waals surface area contributed by atoms with Gasteiger partial charge in [0.25, 0.3) is 0 Å². The number of aryl methyl sites for hydroxylation is 2. The van der Waals surface area contributed by atoms with E-state index in [-0.39, 0.29) is 11.7 Å². The highest BCUT2D eigenvalue weighted by molar-refractivity contribution is 5.92. The van der Waals surface area contributed by atoms with Crippen molar-refractivity contribution < 1.29 is 9.18 Å². The van der Waals surface area contributed by atoms with Gasteiger partial charge in [0.1, 0.15) is 5.82 Å². The van der Waals surface area contributed by atoms with Crippen LogP contribution >= 0.6 is 0 Å². The molecule has 154 valence electrons. The number of rotatable bonds is 7. The van der Waals surface area contributed by atoms with Crippen LogP contribution in [-0.4, -0.2) is 20.7 Å². The van der Waals surface area contributed by atoms with Crippen molar-refractivity contribution >= 4 is 22.5 Å². The van der Waals surface area contributed by atoms with Crippen LogP contribution in [0.25, 0.3) is 10.9 Å². The Balaban J connectivity index is 1.36. The summed E-state index contributed by atoms with van der Waals surface area (Å²) in [5.41, 5.74) is 5.74. The molecule has 30 heavy (non-hydrogen) atoms. The zero-order valence-corrected chi connectivity index (χ0v) is 17.2. The third-order valence-corrected chi connectivity index (χ3v) is 5.42. The summed E-state index contributed by atoms with van der Waals surface area (Å²) in [5, 5.41) is 8.78. The maximum absolute atomic E-state index is 13.1. The Morgan fingerprint density at radius 1 is 1.13 bits per heavy atom. The molecule has 0 aliphatic rings. The number of halogens is 1. The second kappa shape index (κ2) is 8.53. The number of aromatic nitrogens is 3. The first-order valence-electron chi connectivity index (χ1n) is 10.1. The van der Waals surface area contributed by atoms with Crippen LogP contribution in [0.5, 0.6) is 0 Å². The van der Waals surface area contributed by atoms with E-state index >= 15 is 0 Å². The number of amides is 1. The van der Waals surface area contributed by atoms with Gasteiger partial charge in [-0.2, -0.15) is 5.10 Å². The first-order valence-corrected chi connectivity index (χ1v) is 10.1. The van der Waals surface area contributed by atoms with Gasteiger partial charge in [-0.1, -0.05) is 30.3 Å². The molecule has 2 aromatic heterocycles. The quantitative estimate of drug-likeness (QED) is 0.448. The number of para-hydroxylation sites is 1. The fourth-order valence-corrected chi connectivity index (χ4v) is 3.77. The molecule has 0 atom stereocenters. The van der Waals surface area contributed by atoms with Crippen LogP contribution in [0.15, 0.2) is 54.7 Å². The molecule has 0 bridgehead atoms. The number of nitrogens with zero attached hydrogens (tertiary/aromatic N) is 2. The summed E-state index contributed by atoms with van der Waals surface area (Å²) in [4.78, 5) is 15.8. The zero-order chi connectivity index (χ0) is 21.1. The third-order valence-electron chi connectivity index (χ3n) is 5.42. The maximum atomic E-state index is 13.1. The summed E-state index contributed by atoms with van der Waals surface area (Å²) in [5.74, 6) is -0.268. The Morgan fingerprint density at radius 2 is 1.90 bits per heavy atom. The summed E-state index contributed by atoms with van der Waals surface area (Å²) in [6.45, 7) is 4.35. The number of nitrogens with one attached hydrogen (secondary N) is 2.